The first-order valence-electron chi connectivity index (χ1n) is 11.6. The van der Waals surface area contributed by atoms with E-state index < -0.39 is 35.4 Å². The number of fused-ring (bicyclic) bond motifs is 1. The van der Waals surface area contributed by atoms with Gasteiger partial charge >= 0.3 is 0 Å². The van der Waals surface area contributed by atoms with Gasteiger partial charge in [-0.1, -0.05) is 42.5 Å². The van der Waals surface area contributed by atoms with Gasteiger partial charge in [0.1, 0.15) is 17.3 Å². The maximum Gasteiger partial charge on any atom is 0.252 e. The Kier molecular flexibility index (Phi) is 8.63. The Morgan fingerprint density at radius 3 is 2.31 bits per heavy atom. The fourth-order valence-electron chi connectivity index (χ4n) is 3.60. The van der Waals surface area contributed by atoms with Crippen LogP contribution in [-0.4, -0.2) is 58.7 Å². The van der Waals surface area contributed by atoms with Crippen LogP contribution in [0, 0.1) is 0 Å². The van der Waals surface area contributed by atoms with Crippen molar-refractivity contribution in [3.8, 4) is 5.75 Å². The van der Waals surface area contributed by atoms with E-state index in [0.717, 1.165) is 16.3 Å². The second-order valence-electron chi connectivity index (χ2n) is 9.17. The molecule has 3 amide bonds. The van der Waals surface area contributed by atoms with Crippen LogP contribution in [0.15, 0.2) is 66.7 Å². The Hall–Kier alpha value is -3.95. The van der Waals surface area contributed by atoms with E-state index in [2.05, 4.69) is 16.0 Å². The van der Waals surface area contributed by atoms with Crippen LogP contribution in [0.2, 0.25) is 0 Å². The molecular weight excluding hydrogens is 460 g/mol. The molecule has 0 bridgehead atoms. The van der Waals surface area contributed by atoms with E-state index in [4.69, 9.17) is 5.73 Å². The second-order valence-corrected chi connectivity index (χ2v) is 9.17. The molecule has 3 rings (SSSR count). The van der Waals surface area contributed by atoms with Gasteiger partial charge in [-0.05, 0) is 54.4 Å². The largest absolute Gasteiger partial charge is 0.508 e. The Balaban J connectivity index is 1.76. The lowest BCUT2D eigenvalue weighted by Crippen LogP contribution is -2.59. The van der Waals surface area contributed by atoms with E-state index in [-0.39, 0.29) is 30.8 Å². The van der Waals surface area contributed by atoms with Crippen molar-refractivity contribution in [2.24, 2.45) is 5.73 Å². The van der Waals surface area contributed by atoms with Gasteiger partial charge in [0, 0.05) is 25.1 Å². The standard InChI is InChI=1S/C27H32N4O5/c1-27(2,31-24(34)19-9-11-21(32)12-10-19)26(36)30-23(25(35)29-16-22(33)15-28)14-17-7-8-18-5-3-4-6-20(18)13-17/h3-13,22-23,32-33H,14-16,28H2,1-2H3,(H,29,35)(H,30,36)(H,31,34). The van der Waals surface area contributed by atoms with E-state index in [9.17, 15) is 24.6 Å². The van der Waals surface area contributed by atoms with E-state index in [1.165, 1.54) is 38.1 Å². The number of hydrogen-bond donors (Lipinski definition) is 6. The molecule has 0 radical (unpaired) electrons. The summed E-state index contributed by atoms with van der Waals surface area (Å²) in [6.45, 7) is 2.99. The van der Waals surface area contributed by atoms with Crippen LogP contribution in [0.25, 0.3) is 10.8 Å². The van der Waals surface area contributed by atoms with E-state index in [1.54, 1.807) is 0 Å². The average molecular weight is 493 g/mol. The smallest absolute Gasteiger partial charge is 0.252 e. The van der Waals surface area contributed by atoms with Gasteiger partial charge in [0.05, 0.1) is 6.10 Å². The van der Waals surface area contributed by atoms with Gasteiger partial charge in [0.2, 0.25) is 11.8 Å². The fraction of sp³-hybridized carbons (Fsp3) is 0.296. The molecule has 9 heteroatoms. The number of aliphatic hydroxyl groups is 1. The van der Waals surface area contributed by atoms with Crippen molar-refractivity contribution in [3.63, 3.8) is 0 Å². The molecule has 0 aliphatic rings. The highest BCUT2D eigenvalue weighted by Gasteiger charge is 2.33. The predicted octanol–water partition coefficient (Wildman–Crippen LogP) is 1.22. The average Bonchev–Trinajstić information content (AvgIpc) is 2.86. The van der Waals surface area contributed by atoms with Crippen molar-refractivity contribution in [2.75, 3.05) is 13.1 Å². The molecule has 2 unspecified atom stereocenters. The molecule has 0 spiro atoms. The predicted molar refractivity (Wildman–Crippen MR) is 137 cm³/mol. The second kappa shape index (κ2) is 11.7. The number of aliphatic hydroxyl groups excluding tert-OH is 1. The van der Waals surface area contributed by atoms with Crippen molar-refractivity contribution in [3.05, 3.63) is 77.9 Å². The maximum absolute atomic E-state index is 13.2. The number of hydrogen-bond acceptors (Lipinski definition) is 6. The summed E-state index contributed by atoms with van der Waals surface area (Å²) >= 11 is 0. The maximum atomic E-state index is 13.2. The lowest BCUT2D eigenvalue weighted by molar-refractivity contribution is -0.132. The molecule has 0 saturated heterocycles. The molecule has 0 heterocycles. The van der Waals surface area contributed by atoms with Gasteiger partial charge in [-0.15, -0.1) is 0 Å². The monoisotopic (exact) mass is 492 g/mol. The number of benzene rings is 3. The highest BCUT2D eigenvalue weighted by molar-refractivity contribution is 6.00. The van der Waals surface area contributed by atoms with Gasteiger partial charge in [-0.2, -0.15) is 0 Å². The van der Waals surface area contributed by atoms with Crippen LogP contribution >= 0.6 is 0 Å². The van der Waals surface area contributed by atoms with Gasteiger partial charge in [-0.25, -0.2) is 0 Å². The Morgan fingerprint density at radius 1 is 0.972 bits per heavy atom. The zero-order valence-electron chi connectivity index (χ0n) is 20.3. The molecule has 9 nitrogen and oxygen atoms in total. The molecular formula is C27H32N4O5. The minimum Gasteiger partial charge on any atom is -0.508 e. The first-order valence-corrected chi connectivity index (χ1v) is 11.6. The van der Waals surface area contributed by atoms with Crippen molar-refractivity contribution in [1.82, 2.24) is 16.0 Å². The number of rotatable bonds is 10. The molecule has 190 valence electrons. The molecule has 2 atom stereocenters. The third kappa shape index (κ3) is 7.03. The first kappa shape index (κ1) is 26.7. The number of nitrogens with two attached hydrogens (primary N) is 1. The summed E-state index contributed by atoms with van der Waals surface area (Å²) in [7, 11) is 0. The quantitative estimate of drug-likeness (QED) is 0.250. The number of phenolic OH excluding ortho intramolecular Hbond substituents is 1. The van der Waals surface area contributed by atoms with Gasteiger partial charge in [0.15, 0.2) is 0 Å². The number of carbonyl (C=O) groups excluding carboxylic acids is 3. The fourth-order valence-corrected chi connectivity index (χ4v) is 3.60. The molecule has 0 aliphatic carbocycles. The molecule has 0 saturated carbocycles. The minimum absolute atomic E-state index is 0.0156. The molecule has 36 heavy (non-hydrogen) atoms. The lowest BCUT2D eigenvalue weighted by atomic mass is 9.98. The Bertz CT molecular complexity index is 1230. The number of amides is 3. The minimum atomic E-state index is -1.35. The van der Waals surface area contributed by atoms with Gasteiger partial charge in [0.25, 0.3) is 5.91 Å². The molecule has 0 aromatic heterocycles. The SMILES string of the molecule is CC(C)(NC(=O)c1ccc(O)cc1)C(=O)NC(Cc1ccc2ccccc2c1)C(=O)NCC(O)CN. The zero-order chi connectivity index (χ0) is 26.3. The molecule has 0 aliphatic heterocycles. The third-order valence-corrected chi connectivity index (χ3v) is 5.78. The summed E-state index contributed by atoms with van der Waals surface area (Å²) in [4.78, 5) is 38.8. The highest BCUT2D eigenvalue weighted by atomic mass is 16.3. The van der Waals surface area contributed by atoms with E-state index in [1.807, 2.05) is 42.5 Å². The summed E-state index contributed by atoms with van der Waals surface area (Å²) in [6, 6.07) is 18.3. The summed E-state index contributed by atoms with van der Waals surface area (Å²) in [5.41, 5.74) is 5.18. The number of carbonyl (C=O) groups is 3. The molecule has 3 aromatic carbocycles. The van der Waals surface area contributed by atoms with Crippen molar-refractivity contribution < 1.29 is 24.6 Å². The number of nitrogens with one attached hydrogen (secondary N) is 3. The number of aromatic hydroxyl groups is 1. The molecule has 0 fully saturated rings. The van der Waals surface area contributed by atoms with E-state index in [0.29, 0.717) is 0 Å². The van der Waals surface area contributed by atoms with Crippen molar-refractivity contribution >= 4 is 28.5 Å². The Morgan fingerprint density at radius 2 is 1.64 bits per heavy atom. The molecule has 7 N–H and O–H groups in total. The van der Waals surface area contributed by atoms with Crippen LogP contribution in [0.3, 0.4) is 0 Å². The van der Waals surface area contributed by atoms with Crippen LogP contribution < -0.4 is 21.7 Å². The van der Waals surface area contributed by atoms with Crippen molar-refractivity contribution in [2.45, 2.75) is 38.0 Å². The summed E-state index contributed by atoms with van der Waals surface area (Å²) < 4.78 is 0. The van der Waals surface area contributed by atoms with Crippen LogP contribution in [-0.2, 0) is 16.0 Å². The lowest BCUT2D eigenvalue weighted by Gasteiger charge is -2.28. The van der Waals surface area contributed by atoms with Crippen LogP contribution in [0.4, 0.5) is 0 Å². The summed E-state index contributed by atoms with van der Waals surface area (Å²) in [5, 5.41) is 29.3. The summed E-state index contributed by atoms with van der Waals surface area (Å²) in [6.07, 6.45) is -0.713. The normalized spacial score (nSPS) is 13.0. The summed E-state index contributed by atoms with van der Waals surface area (Å²) in [5.74, 6) is -1.53. The topological polar surface area (TPSA) is 154 Å². The number of phenols is 1. The Labute approximate surface area is 209 Å². The van der Waals surface area contributed by atoms with Crippen LogP contribution in [0.1, 0.15) is 29.8 Å². The highest BCUT2D eigenvalue weighted by Crippen LogP contribution is 2.17. The van der Waals surface area contributed by atoms with Crippen LogP contribution in [0.5, 0.6) is 5.75 Å². The zero-order valence-corrected chi connectivity index (χ0v) is 20.3. The van der Waals surface area contributed by atoms with Gasteiger partial charge in [-0.3, -0.25) is 14.4 Å². The first-order chi connectivity index (χ1) is 17.1. The van der Waals surface area contributed by atoms with Gasteiger partial charge < -0.3 is 31.9 Å². The third-order valence-electron chi connectivity index (χ3n) is 5.78. The van der Waals surface area contributed by atoms with E-state index >= 15 is 0 Å². The van der Waals surface area contributed by atoms with Crippen molar-refractivity contribution in [1.29, 1.82) is 0 Å². The molecule has 3 aromatic rings.